The third-order valence-electron chi connectivity index (χ3n) is 4.05. The molecule has 0 aromatic heterocycles. The lowest BCUT2D eigenvalue weighted by Crippen LogP contribution is -2.31. The van der Waals surface area contributed by atoms with Crippen LogP contribution in [0.5, 0.6) is 0 Å². The van der Waals surface area contributed by atoms with Crippen LogP contribution in [0.1, 0.15) is 11.7 Å². The molecule has 0 saturated heterocycles. The Balaban J connectivity index is 1.87. The number of azo groups is 1. The van der Waals surface area contributed by atoms with Crippen molar-refractivity contribution < 1.29 is 10.2 Å². The van der Waals surface area contributed by atoms with Gasteiger partial charge in [0.2, 0.25) is 0 Å². The lowest BCUT2D eigenvalue weighted by molar-refractivity contribution is 0.109. The molecule has 0 amide bonds. The molecule has 3 aromatic rings. The summed E-state index contributed by atoms with van der Waals surface area (Å²) in [6.45, 7) is -0.289. The van der Waals surface area contributed by atoms with Crippen molar-refractivity contribution in [2.75, 3.05) is 12.3 Å². The van der Waals surface area contributed by atoms with Gasteiger partial charge in [-0.05, 0) is 29.1 Å². The second-order valence-electron chi connectivity index (χ2n) is 5.81. The van der Waals surface area contributed by atoms with Gasteiger partial charge < -0.3 is 21.7 Å². The van der Waals surface area contributed by atoms with Crippen molar-refractivity contribution in [3.8, 4) is 0 Å². The van der Waals surface area contributed by atoms with E-state index in [1.807, 2.05) is 36.4 Å². The number of benzene rings is 3. The molecule has 0 spiro atoms. The van der Waals surface area contributed by atoms with Crippen molar-refractivity contribution >= 4 is 27.8 Å². The summed E-state index contributed by atoms with van der Waals surface area (Å²) in [5.74, 6) is 0. The lowest BCUT2D eigenvalue weighted by atomic mass is 10.0. The van der Waals surface area contributed by atoms with Crippen molar-refractivity contribution in [1.29, 1.82) is 0 Å². The van der Waals surface area contributed by atoms with Crippen LogP contribution >= 0.6 is 0 Å². The molecule has 0 radical (unpaired) electrons. The van der Waals surface area contributed by atoms with E-state index in [2.05, 4.69) is 10.2 Å². The van der Waals surface area contributed by atoms with E-state index in [9.17, 15) is 5.11 Å². The van der Waals surface area contributed by atoms with Crippen molar-refractivity contribution in [3.63, 3.8) is 0 Å². The number of nitrogens with two attached hydrogens (primary N) is 2. The van der Waals surface area contributed by atoms with Gasteiger partial charge in [0, 0.05) is 5.39 Å². The lowest BCUT2D eigenvalue weighted by Gasteiger charge is -2.16. The molecule has 0 saturated carbocycles. The molecule has 0 aliphatic rings. The Morgan fingerprint density at radius 3 is 2.36 bits per heavy atom. The van der Waals surface area contributed by atoms with Gasteiger partial charge in [-0.25, -0.2) is 0 Å². The Kier molecular flexibility index (Phi) is 5.04. The number of aliphatic hydroxyl groups is 2. The molecule has 3 aromatic carbocycles. The highest BCUT2D eigenvalue weighted by Crippen LogP contribution is 2.33. The zero-order valence-corrected chi connectivity index (χ0v) is 13.6. The molecule has 0 bridgehead atoms. The van der Waals surface area contributed by atoms with E-state index < -0.39 is 12.1 Å². The first kappa shape index (κ1) is 17.0. The van der Waals surface area contributed by atoms with Crippen LogP contribution < -0.4 is 11.5 Å². The van der Waals surface area contributed by atoms with Gasteiger partial charge in [-0.2, -0.15) is 5.11 Å². The van der Waals surface area contributed by atoms with Gasteiger partial charge in [0.25, 0.3) is 0 Å². The maximum absolute atomic E-state index is 9.99. The molecule has 128 valence electrons. The molecular weight excluding hydrogens is 316 g/mol. The van der Waals surface area contributed by atoms with Crippen LogP contribution in [0.4, 0.5) is 17.1 Å². The zero-order valence-electron chi connectivity index (χ0n) is 13.6. The van der Waals surface area contributed by atoms with Gasteiger partial charge in [-0.15, -0.1) is 5.11 Å². The average Bonchev–Trinajstić information content (AvgIpc) is 2.66. The van der Waals surface area contributed by atoms with Gasteiger partial charge in [-0.1, -0.05) is 42.5 Å². The molecule has 2 unspecified atom stereocenters. The largest absolute Gasteiger partial charge is 0.397 e. The first-order valence-corrected chi connectivity index (χ1v) is 7.93. The highest BCUT2D eigenvalue weighted by atomic mass is 16.3. The van der Waals surface area contributed by atoms with Gasteiger partial charge in [0.05, 0.1) is 30.1 Å². The highest BCUT2D eigenvalue weighted by Gasteiger charge is 2.15. The smallest absolute Gasteiger partial charge is 0.116 e. The number of fused-ring (bicyclic) bond motifs is 1. The quantitative estimate of drug-likeness (QED) is 0.423. The molecule has 25 heavy (non-hydrogen) atoms. The minimum absolute atomic E-state index is 0.289. The van der Waals surface area contributed by atoms with E-state index in [1.54, 1.807) is 24.3 Å². The van der Waals surface area contributed by atoms with Crippen LogP contribution in [0.25, 0.3) is 10.8 Å². The SMILES string of the molecule is Nc1ccc2ccccc2c1N=Nc1ccc(C(O)C(N)CO)cc1. The molecule has 6 nitrogen and oxygen atoms in total. The summed E-state index contributed by atoms with van der Waals surface area (Å²) in [6.07, 6.45) is -0.926. The predicted octanol–water partition coefficient (Wildman–Crippen LogP) is 3.19. The maximum atomic E-state index is 9.99. The summed E-state index contributed by atoms with van der Waals surface area (Å²) in [7, 11) is 0. The van der Waals surface area contributed by atoms with Crippen LogP contribution in [0, 0.1) is 0 Å². The standard InChI is InChI=1S/C19H20N4O2/c20-16-10-7-12-3-1-2-4-15(12)18(16)23-22-14-8-5-13(6-9-14)19(25)17(21)11-24/h1-10,17,19,24-25H,11,20-21H2. The monoisotopic (exact) mass is 336 g/mol. The first-order chi connectivity index (χ1) is 12.1. The first-order valence-electron chi connectivity index (χ1n) is 7.93. The number of hydrogen-bond donors (Lipinski definition) is 4. The fraction of sp³-hybridized carbons (Fsp3) is 0.158. The van der Waals surface area contributed by atoms with E-state index in [-0.39, 0.29) is 6.61 Å². The van der Waals surface area contributed by atoms with E-state index >= 15 is 0 Å². The highest BCUT2D eigenvalue weighted by molar-refractivity contribution is 5.97. The maximum Gasteiger partial charge on any atom is 0.116 e. The number of anilines is 1. The second-order valence-corrected chi connectivity index (χ2v) is 5.81. The van der Waals surface area contributed by atoms with Gasteiger partial charge in [0.15, 0.2) is 0 Å². The summed E-state index contributed by atoms with van der Waals surface area (Å²) in [5.41, 5.74) is 14.1. The van der Waals surface area contributed by atoms with E-state index in [0.717, 1.165) is 10.8 Å². The number of nitrogens with zero attached hydrogens (tertiary/aromatic N) is 2. The van der Waals surface area contributed by atoms with E-state index in [0.29, 0.717) is 22.6 Å². The van der Waals surface area contributed by atoms with Gasteiger partial charge in [-0.3, -0.25) is 0 Å². The summed E-state index contributed by atoms with van der Waals surface area (Å²) in [6, 6.07) is 17.8. The van der Waals surface area contributed by atoms with Crippen molar-refractivity contribution in [3.05, 3.63) is 66.2 Å². The number of aliphatic hydroxyl groups excluding tert-OH is 2. The minimum Gasteiger partial charge on any atom is -0.397 e. The van der Waals surface area contributed by atoms with Crippen LogP contribution in [-0.4, -0.2) is 22.9 Å². The molecule has 2 atom stereocenters. The van der Waals surface area contributed by atoms with Crippen molar-refractivity contribution in [1.82, 2.24) is 0 Å². The number of rotatable bonds is 5. The molecule has 0 heterocycles. The Morgan fingerprint density at radius 2 is 1.64 bits per heavy atom. The van der Waals surface area contributed by atoms with Crippen molar-refractivity contribution in [2.24, 2.45) is 16.0 Å². The summed E-state index contributed by atoms with van der Waals surface area (Å²) in [5, 5.41) is 29.5. The van der Waals surface area contributed by atoms with Crippen molar-refractivity contribution in [2.45, 2.75) is 12.1 Å². The molecule has 0 aliphatic carbocycles. The normalized spacial score (nSPS) is 14.0. The van der Waals surface area contributed by atoms with E-state index in [1.165, 1.54) is 0 Å². The Hall–Kier alpha value is -2.80. The molecule has 6 heteroatoms. The topological polar surface area (TPSA) is 117 Å². The second kappa shape index (κ2) is 7.40. The molecule has 0 aliphatic heterocycles. The van der Waals surface area contributed by atoms with Gasteiger partial charge in [0.1, 0.15) is 5.69 Å². The predicted molar refractivity (Wildman–Crippen MR) is 99.0 cm³/mol. The Labute approximate surface area is 145 Å². The summed E-state index contributed by atoms with van der Waals surface area (Å²) < 4.78 is 0. The molecule has 6 N–H and O–H groups in total. The minimum atomic E-state index is -0.926. The Bertz CT molecular complexity index is 894. The number of nitrogen functional groups attached to an aromatic ring is 1. The van der Waals surface area contributed by atoms with Crippen LogP contribution in [-0.2, 0) is 0 Å². The third kappa shape index (κ3) is 3.66. The zero-order chi connectivity index (χ0) is 17.8. The summed E-state index contributed by atoms with van der Waals surface area (Å²) >= 11 is 0. The number of hydrogen-bond acceptors (Lipinski definition) is 6. The molecule has 3 rings (SSSR count). The summed E-state index contributed by atoms with van der Waals surface area (Å²) in [4.78, 5) is 0. The fourth-order valence-corrected chi connectivity index (χ4v) is 2.58. The van der Waals surface area contributed by atoms with E-state index in [4.69, 9.17) is 16.6 Å². The van der Waals surface area contributed by atoms with Crippen LogP contribution in [0.15, 0.2) is 70.9 Å². The average molecular weight is 336 g/mol. The Morgan fingerprint density at radius 1 is 0.920 bits per heavy atom. The fourth-order valence-electron chi connectivity index (χ4n) is 2.58. The van der Waals surface area contributed by atoms with Crippen LogP contribution in [0.3, 0.4) is 0 Å². The van der Waals surface area contributed by atoms with Crippen LogP contribution in [0.2, 0.25) is 0 Å². The van der Waals surface area contributed by atoms with Gasteiger partial charge >= 0.3 is 0 Å². The third-order valence-corrected chi connectivity index (χ3v) is 4.05. The molecule has 0 fully saturated rings. The molecular formula is C19H20N4O2.